The van der Waals surface area contributed by atoms with Crippen LogP contribution in [0.15, 0.2) is 6.33 Å². The maximum atomic E-state index is 11.0. The summed E-state index contributed by atoms with van der Waals surface area (Å²) in [6.45, 7) is 1.73. The molecular weight excluding hydrogens is 226 g/mol. The third-order valence-corrected chi connectivity index (χ3v) is 2.66. The fraction of sp³-hybridized carbons (Fsp3) is 0.222. The average molecular weight is 235 g/mol. The second-order valence-corrected chi connectivity index (χ2v) is 3.70. The smallest absolute Gasteiger partial charge is 0.356 e. The number of nitrogens with one attached hydrogen (secondary N) is 1. The minimum absolute atomic E-state index is 0.0382. The largest absolute Gasteiger partial charge is 0.476 e. The molecule has 88 valence electrons. The van der Waals surface area contributed by atoms with Gasteiger partial charge in [0.25, 0.3) is 5.88 Å². The lowest BCUT2D eigenvalue weighted by atomic mass is 10.2. The molecule has 4 N–H and O–H groups in total. The normalized spacial score (nSPS) is 17.1. The van der Waals surface area contributed by atoms with E-state index in [1.807, 2.05) is 0 Å². The highest BCUT2D eigenvalue weighted by atomic mass is 16.5. The summed E-state index contributed by atoms with van der Waals surface area (Å²) in [5.41, 5.74) is 6.63. The van der Waals surface area contributed by atoms with Crippen LogP contribution in [0.3, 0.4) is 0 Å². The van der Waals surface area contributed by atoms with Crippen molar-refractivity contribution < 1.29 is 14.6 Å². The van der Waals surface area contributed by atoms with Gasteiger partial charge in [0.2, 0.25) is 0 Å². The highest BCUT2D eigenvalue weighted by Gasteiger charge is 2.32. The van der Waals surface area contributed by atoms with Crippen molar-refractivity contribution in [2.24, 2.45) is 0 Å². The molecule has 0 spiro atoms. The quantitative estimate of drug-likeness (QED) is 0.655. The van der Waals surface area contributed by atoms with Crippen LogP contribution in [0.1, 0.15) is 29.2 Å². The standard InChI is InChI=1S/C9H9N5O3/c1-3-5-4(9(15)16)11-2-14(5)6-7(10)12-13-8(6)17-3/h2-3H,1H3,(H,15,16)(H3,10,12,13). The SMILES string of the molecule is CC1Oc2n[nH]c(N)c2-n2cnc(C(=O)O)c21. The van der Waals surface area contributed by atoms with E-state index in [1.54, 1.807) is 11.5 Å². The number of carboxylic acids is 1. The number of aromatic nitrogens is 4. The van der Waals surface area contributed by atoms with Crippen molar-refractivity contribution in [1.82, 2.24) is 19.7 Å². The molecule has 0 bridgehead atoms. The van der Waals surface area contributed by atoms with Gasteiger partial charge in [-0.15, -0.1) is 5.10 Å². The number of imidazole rings is 1. The van der Waals surface area contributed by atoms with Gasteiger partial charge in [-0.2, -0.15) is 0 Å². The van der Waals surface area contributed by atoms with Gasteiger partial charge in [0.1, 0.15) is 18.2 Å². The van der Waals surface area contributed by atoms with Crippen molar-refractivity contribution in [1.29, 1.82) is 0 Å². The van der Waals surface area contributed by atoms with Crippen molar-refractivity contribution in [2.45, 2.75) is 13.0 Å². The highest BCUT2D eigenvalue weighted by molar-refractivity contribution is 5.87. The summed E-state index contributed by atoms with van der Waals surface area (Å²) < 4.78 is 7.07. The number of rotatable bonds is 1. The molecule has 0 radical (unpaired) electrons. The van der Waals surface area contributed by atoms with Crippen LogP contribution in [0.4, 0.5) is 5.82 Å². The van der Waals surface area contributed by atoms with Crippen LogP contribution < -0.4 is 10.5 Å². The van der Waals surface area contributed by atoms with Crippen LogP contribution in [0.2, 0.25) is 0 Å². The summed E-state index contributed by atoms with van der Waals surface area (Å²) in [4.78, 5) is 14.9. The first kappa shape index (κ1) is 9.70. The van der Waals surface area contributed by atoms with Crippen molar-refractivity contribution in [3.63, 3.8) is 0 Å². The molecule has 2 aromatic rings. The Balaban J connectivity index is 2.30. The fourth-order valence-electron chi connectivity index (χ4n) is 1.96. The molecule has 1 aliphatic heterocycles. The zero-order valence-corrected chi connectivity index (χ0v) is 8.84. The number of ether oxygens (including phenoxy) is 1. The molecule has 3 heterocycles. The van der Waals surface area contributed by atoms with E-state index >= 15 is 0 Å². The average Bonchev–Trinajstić information content (AvgIpc) is 2.82. The van der Waals surface area contributed by atoms with Gasteiger partial charge in [0, 0.05) is 0 Å². The number of hydrogen-bond donors (Lipinski definition) is 3. The van der Waals surface area contributed by atoms with Crippen LogP contribution in [0.5, 0.6) is 5.88 Å². The Morgan fingerprint density at radius 1 is 1.71 bits per heavy atom. The summed E-state index contributed by atoms with van der Waals surface area (Å²) >= 11 is 0. The second-order valence-electron chi connectivity index (χ2n) is 3.70. The molecule has 1 atom stereocenters. The van der Waals surface area contributed by atoms with Crippen molar-refractivity contribution in [3.05, 3.63) is 17.7 Å². The van der Waals surface area contributed by atoms with E-state index in [0.29, 0.717) is 23.1 Å². The van der Waals surface area contributed by atoms with Gasteiger partial charge >= 0.3 is 5.97 Å². The van der Waals surface area contributed by atoms with E-state index in [-0.39, 0.29) is 5.69 Å². The number of carboxylic acid groups (broad SMARTS) is 1. The van der Waals surface area contributed by atoms with Gasteiger partial charge in [-0.1, -0.05) is 0 Å². The number of nitrogens with zero attached hydrogens (tertiary/aromatic N) is 3. The van der Waals surface area contributed by atoms with Gasteiger partial charge in [-0.3, -0.25) is 9.67 Å². The van der Waals surface area contributed by atoms with E-state index < -0.39 is 12.1 Å². The Morgan fingerprint density at radius 2 is 2.47 bits per heavy atom. The van der Waals surface area contributed by atoms with E-state index in [9.17, 15) is 4.79 Å². The number of aromatic amines is 1. The Bertz CT molecular complexity index is 614. The molecule has 0 aromatic carbocycles. The van der Waals surface area contributed by atoms with Gasteiger partial charge < -0.3 is 15.6 Å². The zero-order chi connectivity index (χ0) is 12.2. The molecule has 1 unspecified atom stereocenters. The molecule has 1 aliphatic rings. The maximum absolute atomic E-state index is 11.0. The van der Waals surface area contributed by atoms with Crippen molar-refractivity contribution >= 4 is 11.8 Å². The molecule has 0 saturated heterocycles. The topological polar surface area (TPSA) is 119 Å². The molecule has 3 rings (SSSR count). The third kappa shape index (κ3) is 1.14. The zero-order valence-electron chi connectivity index (χ0n) is 8.84. The molecule has 0 amide bonds. The van der Waals surface area contributed by atoms with Crippen LogP contribution >= 0.6 is 0 Å². The van der Waals surface area contributed by atoms with Crippen LogP contribution in [-0.4, -0.2) is 30.8 Å². The lowest BCUT2D eigenvalue weighted by molar-refractivity contribution is 0.0684. The monoisotopic (exact) mass is 235 g/mol. The Hall–Kier alpha value is -2.51. The molecule has 8 heteroatoms. The maximum Gasteiger partial charge on any atom is 0.356 e. The highest BCUT2D eigenvalue weighted by Crippen LogP contribution is 2.37. The van der Waals surface area contributed by atoms with Crippen molar-refractivity contribution in [3.8, 4) is 11.6 Å². The number of aromatic carboxylic acids is 1. The number of nitrogen functional groups attached to an aromatic ring is 1. The second kappa shape index (κ2) is 3.00. The minimum atomic E-state index is -1.10. The van der Waals surface area contributed by atoms with E-state index in [1.165, 1.54) is 6.33 Å². The fourth-order valence-corrected chi connectivity index (χ4v) is 1.96. The summed E-state index contributed by atoms with van der Waals surface area (Å²) in [7, 11) is 0. The number of hydrogen-bond acceptors (Lipinski definition) is 5. The molecule has 0 saturated carbocycles. The lowest BCUT2D eigenvalue weighted by Crippen LogP contribution is -2.19. The minimum Gasteiger partial charge on any atom is -0.476 e. The molecule has 0 aliphatic carbocycles. The number of H-pyrrole nitrogens is 1. The summed E-state index contributed by atoms with van der Waals surface area (Å²) in [5, 5.41) is 15.5. The van der Waals surface area contributed by atoms with Gasteiger partial charge in [-0.05, 0) is 6.92 Å². The molecule has 2 aromatic heterocycles. The molecule has 0 fully saturated rings. The van der Waals surface area contributed by atoms with Crippen LogP contribution in [0.25, 0.3) is 5.69 Å². The number of carbonyl (C=O) groups is 1. The lowest BCUT2D eigenvalue weighted by Gasteiger charge is -2.22. The number of fused-ring (bicyclic) bond motifs is 3. The predicted octanol–water partition coefficient (Wildman–Crippen LogP) is 0.329. The first-order valence-electron chi connectivity index (χ1n) is 4.91. The van der Waals surface area contributed by atoms with E-state index in [0.717, 1.165) is 0 Å². The summed E-state index contributed by atoms with van der Waals surface area (Å²) in [6.07, 6.45) is 0.960. The Labute approximate surface area is 95.0 Å². The Kier molecular flexibility index (Phi) is 1.71. The number of nitrogens with two attached hydrogens (primary N) is 1. The first-order chi connectivity index (χ1) is 8.09. The molecular formula is C9H9N5O3. The third-order valence-electron chi connectivity index (χ3n) is 2.66. The van der Waals surface area contributed by atoms with Crippen LogP contribution in [0, 0.1) is 0 Å². The number of anilines is 1. The predicted molar refractivity (Wildman–Crippen MR) is 56.1 cm³/mol. The van der Waals surface area contributed by atoms with E-state index in [2.05, 4.69) is 15.2 Å². The first-order valence-corrected chi connectivity index (χ1v) is 4.91. The summed E-state index contributed by atoms with van der Waals surface area (Å²) in [5.74, 6) is -0.445. The van der Waals surface area contributed by atoms with Crippen LogP contribution in [-0.2, 0) is 0 Å². The molecule has 17 heavy (non-hydrogen) atoms. The Morgan fingerprint density at radius 3 is 3.18 bits per heavy atom. The molecule has 8 nitrogen and oxygen atoms in total. The van der Waals surface area contributed by atoms with E-state index in [4.69, 9.17) is 15.6 Å². The van der Waals surface area contributed by atoms with Gasteiger partial charge in [0.05, 0.1) is 5.69 Å². The van der Waals surface area contributed by atoms with Crippen molar-refractivity contribution in [2.75, 3.05) is 5.73 Å². The summed E-state index contributed by atoms with van der Waals surface area (Å²) in [6, 6.07) is 0. The van der Waals surface area contributed by atoms with Gasteiger partial charge in [0.15, 0.2) is 11.4 Å². The van der Waals surface area contributed by atoms with Gasteiger partial charge in [-0.25, -0.2) is 9.78 Å².